The van der Waals surface area contributed by atoms with Crippen LogP contribution in [0.25, 0.3) is 0 Å². The number of unbranched alkanes of at least 4 members (excludes halogenated alkanes) is 28. The van der Waals surface area contributed by atoms with E-state index in [1.807, 2.05) is 27.2 Å². The van der Waals surface area contributed by atoms with Gasteiger partial charge in [-0.3, -0.25) is 9.36 Å². The van der Waals surface area contributed by atoms with E-state index >= 15 is 0 Å². The van der Waals surface area contributed by atoms with E-state index in [1.165, 1.54) is 148 Å². The van der Waals surface area contributed by atoms with E-state index < -0.39 is 26.6 Å². The van der Waals surface area contributed by atoms with Gasteiger partial charge in [0.2, 0.25) is 5.91 Å². The molecule has 0 spiro atoms. The Hall–Kier alpha value is -1.54. The zero-order chi connectivity index (χ0) is 45.7. The highest BCUT2D eigenvalue weighted by molar-refractivity contribution is 7.45. The highest BCUT2D eigenvalue weighted by Crippen LogP contribution is 2.38. The summed E-state index contributed by atoms with van der Waals surface area (Å²) in [6.07, 6.45) is 57.6. The van der Waals surface area contributed by atoms with Crippen LogP contribution in [0.3, 0.4) is 0 Å². The minimum Gasteiger partial charge on any atom is -0.756 e. The fourth-order valence-corrected chi connectivity index (χ4v) is 8.08. The maximum atomic E-state index is 12.9. The topological polar surface area (TPSA) is 108 Å². The number of carbonyl (C=O) groups excluding carboxylic acids is 1. The summed E-state index contributed by atoms with van der Waals surface area (Å²) < 4.78 is 23.2. The molecule has 1 amide bonds. The van der Waals surface area contributed by atoms with Gasteiger partial charge in [-0.05, 0) is 70.6 Å². The number of aliphatic hydroxyl groups is 1. The van der Waals surface area contributed by atoms with Gasteiger partial charge < -0.3 is 28.8 Å². The van der Waals surface area contributed by atoms with Crippen LogP contribution >= 0.6 is 7.82 Å². The van der Waals surface area contributed by atoms with Crippen molar-refractivity contribution >= 4 is 13.7 Å². The van der Waals surface area contributed by atoms with Gasteiger partial charge >= 0.3 is 0 Å². The SMILES string of the molecule is CCCCCCC/C=C\CCCCCCCC(=O)NC(COP(=O)([O-])OCC[N+](C)(C)C)C(O)/C=C/CC/C=C/CC/C=C/CCCCCCCCCCCCCCCCCC. The van der Waals surface area contributed by atoms with Gasteiger partial charge in [0.1, 0.15) is 13.2 Å². The van der Waals surface area contributed by atoms with Gasteiger partial charge in [0.15, 0.2) is 0 Å². The Labute approximate surface area is 384 Å². The van der Waals surface area contributed by atoms with Crippen molar-refractivity contribution in [2.45, 2.75) is 244 Å². The van der Waals surface area contributed by atoms with Gasteiger partial charge in [0.25, 0.3) is 7.82 Å². The Balaban J connectivity index is 4.33. The maximum Gasteiger partial charge on any atom is 0.268 e. The quantitative estimate of drug-likeness (QED) is 0.0273. The molecule has 0 aliphatic rings. The first-order chi connectivity index (χ1) is 30.0. The van der Waals surface area contributed by atoms with Crippen LogP contribution in [0, 0.1) is 0 Å². The van der Waals surface area contributed by atoms with Crippen LogP contribution in [0.5, 0.6) is 0 Å². The fourth-order valence-electron chi connectivity index (χ4n) is 7.36. The van der Waals surface area contributed by atoms with Gasteiger partial charge in [-0.15, -0.1) is 0 Å². The lowest BCUT2D eigenvalue weighted by molar-refractivity contribution is -0.870. The Kier molecular flexibility index (Phi) is 43.5. The summed E-state index contributed by atoms with van der Waals surface area (Å²) in [4.78, 5) is 25.4. The minimum atomic E-state index is -4.61. The van der Waals surface area contributed by atoms with Gasteiger partial charge in [0.05, 0.1) is 39.9 Å². The van der Waals surface area contributed by atoms with Gasteiger partial charge in [-0.25, -0.2) is 0 Å². The Morgan fingerprint density at radius 3 is 1.31 bits per heavy atom. The molecule has 0 radical (unpaired) electrons. The number of amides is 1. The van der Waals surface area contributed by atoms with Gasteiger partial charge in [0, 0.05) is 6.42 Å². The van der Waals surface area contributed by atoms with Crippen molar-refractivity contribution in [1.29, 1.82) is 0 Å². The molecular weight excluding hydrogens is 792 g/mol. The Bertz CT molecular complexity index is 1150. The van der Waals surface area contributed by atoms with Crippen LogP contribution in [0.2, 0.25) is 0 Å². The molecule has 3 atom stereocenters. The number of quaternary nitrogens is 1. The van der Waals surface area contributed by atoms with Crippen molar-refractivity contribution in [3.05, 3.63) is 48.6 Å². The number of allylic oxidation sites excluding steroid dienone is 7. The number of phosphoric ester groups is 1. The summed E-state index contributed by atoms with van der Waals surface area (Å²) in [7, 11) is 1.23. The first kappa shape index (κ1) is 60.5. The molecule has 0 aromatic heterocycles. The van der Waals surface area contributed by atoms with Crippen LogP contribution in [0.15, 0.2) is 48.6 Å². The Morgan fingerprint density at radius 2 is 0.903 bits per heavy atom. The summed E-state index contributed by atoms with van der Waals surface area (Å²) in [5.41, 5.74) is 0. The summed E-state index contributed by atoms with van der Waals surface area (Å²) in [5.74, 6) is -0.221. The number of rotatable bonds is 47. The summed E-state index contributed by atoms with van der Waals surface area (Å²) in [6, 6.07) is -0.914. The number of carbonyl (C=O) groups is 1. The molecule has 0 heterocycles. The number of nitrogens with one attached hydrogen (secondary N) is 1. The van der Waals surface area contributed by atoms with Crippen molar-refractivity contribution in [2.75, 3.05) is 40.9 Å². The third-order valence-corrected chi connectivity index (χ3v) is 12.5. The number of phosphoric acid groups is 1. The molecular formula is C53H101N2O6P. The van der Waals surface area contributed by atoms with E-state index in [0.29, 0.717) is 17.4 Å². The molecule has 0 fully saturated rings. The van der Waals surface area contributed by atoms with Crippen molar-refractivity contribution < 1.29 is 32.9 Å². The van der Waals surface area contributed by atoms with Gasteiger partial charge in [-0.1, -0.05) is 204 Å². The molecule has 9 heteroatoms. The summed E-state index contributed by atoms with van der Waals surface area (Å²) in [5, 5.41) is 13.8. The molecule has 0 bridgehead atoms. The smallest absolute Gasteiger partial charge is 0.268 e. The van der Waals surface area contributed by atoms with Crippen LogP contribution in [-0.2, 0) is 18.4 Å². The molecule has 62 heavy (non-hydrogen) atoms. The molecule has 364 valence electrons. The van der Waals surface area contributed by atoms with Crippen LogP contribution in [0.4, 0.5) is 0 Å². The van der Waals surface area contributed by atoms with E-state index in [1.54, 1.807) is 6.08 Å². The van der Waals surface area contributed by atoms with E-state index in [4.69, 9.17) is 9.05 Å². The second-order valence-corrected chi connectivity index (χ2v) is 20.3. The molecule has 0 saturated carbocycles. The average molecular weight is 893 g/mol. The molecule has 0 rings (SSSR count). The predicted octanol–water partition coefficient (Wildman–Crippen LogP) is 14.6. The fraction of sp³-hybridized carbons (Fsp3) is 0.830. The second-order valence-electron chi connectivity index (χ2n) is 18.9. The number of hydrogen-bond acceptors (Lipinski definition) is 6. The normalized spacial score (nSPS) is 14.5. The molecule has 3 unspecified atom stereocenters. The van der Waals surface area contributed by atoms with Crippen molar-refractivity contribution in [3.8, 4) is 0 Å². The van der Waals surface area contributed by atoms with Crippen LogP contribution in [0.1, 0.15) is 232 Å². The van der Waals surface area contributed by atoms with E-state index in [0.717, 1.165) is 64.2 Å². The zero-order valence-corrected chi connectivity index (χ0v) is 42.2. The standard InChI is InChI=1S/C53H101N2O6P/c1-6-8-10-12-14-16-18-20-22-23-24-25-26-27-28-29-30-31-32-33-34-36-38-40-42-44-46-52(56)51(50-61-62(58,59)60-49-48-55(3,4)5)54-53(57)47-45-43-41-39-37-35-21-19-17-15-13-11-9-7-2/h19,21,31-32,36,38,44,46,51-52,56H,6-18,20,22-30,33-35,37,39-43,45,47-50H2,1-5H3,(H-,54,57,58,59)/b21-19-,32-31+,38-36+,46-44+. The molecule has 0 aliphatic heterocycles. The number of nitrogens with zero attached hydrogens (tertiary/aromatic N) is 1. The highest BCUT2D eigenvalue weighted by atomic mass is 31.2. The van der Waals surface area contributed by atoms with Crippen molar-refractivity contribution in [1.82, 2.24) is 5.32 Å². The largest absolute Gasteiger partial charge is 0.756 e. The van der Waals surface area contributed by atoms with Crippen LogP contribution < -0.4 is 10.2 Å². The molecule has 0 aromatic carbocycles. The van der Waals surface area contributed by atoms with E-state index in [-0.39, 0.29) is 12.5 Å². The minimum absolute atomic E-state index is 0.0113. The third kappa shape index (κ3) is 46.5. The molecule has 0 aliphatic carbocycles. The number of hydrogen-bond donors (Lipinski definition) is 2. The number of aliphatic hydroxyl groups excluding tert-OH is 1. The molecule has 0 aromatic rings. The highest BCUT2D eigenvalue weighted by Gasteiger charge is 2.23. The lowest BCUT2D eigenvalue weighted by Gasteiger charge is -2.29. The zero-order valence-electron chi connectivity index (χ0n) is 41.3. The molecule has 0 saturated heterocycles. The first-order valence-corrected chi connectivity index (χ1v) is 27.5. The average Bonchev–Trinajstić information content (AvgIpc) is 3.23. The predicted molar refractivity (Wildman–Crippen MR) is 265 cm³/mol. The van der Waals surface area contributed by atoms with Crippen LogP contribution in [-0.4, -0.2) is 68.5 Å². The van der Waals surface area contributed by atoms with Crippen molar-refractivity contribution in [2.24, 2.45) is 0 Å². The summed E-state index contributed by atoms with van der Waals surface area (Å²) in [6.45, 7) is 4.61. The molecule has 2 N–H and O–H groups in total. The Morgan fingerprint density at radius 1 is 0.548 bits per heavy atom. The van der Waals surface area contributed by atoms with E-state index in [9.17, 15) is 19.4 Å². The summed E-state index contributed by atoms with van der Waals surface area (Å²) >= 11 is 0. The van der Waals surface area contributed by atoms with E-state index in [2.05, 4.69) is 55.6 Å². The third-order valence-electron chi connectivity index (χ3n) is 11.5. The van der Waals surface area contributed by atoms with Gasteiger partial charge in [-0.2, -0.15) is 0 Å². The lowest BCUT2D eigenvalue weighted by Crippen LogP contribution is -2.45. The first-order valence-electron chi connectivity index (χ1n) is 26.0. The monoisotopic (exact) mass is 893 g/mol. The lowest BCUT2D eigenvalue weighted by atomic mass is 10.0. The maximum absolute atomic E-state index is 12.9. The van der Waals surface area contributed by atoms with Crippen molar-refractivity contribution in [3.63, 3.8) is 0 Å². The molecule has 8 nitrogen and oxygen atoms in total. The number of likely N-dealkylation sites (N-methyl/N-ethyl adjacent to an activating group) is 1. The second kappa shape index (κ2) is 44.7.